The number of likely N-dealkylation sites (tertiary alicyclic amines) is 1. The summed E-state index contributed by atoms with van der Waals surface area (Å²) in [6, 6.07) is 5.16. The summed E-state index contributed by atoms with van der Waals surface area (Å²) in [6.07, 6.45) is 1.33. The van der Waals surface area contributed by atoms with Crippen molar-refractivity contribution in [3.05, 3.63) is 70.8 Å². The van der Waals surface area contributed by atoms with Crippen molar-refractivity contribution < 1.29 is 32.3 Å². The molecule has 2 aromatic rings. The van der Waals surface area contributed by atoms with E-state index in [1.165, 1.54) is 0 Å². The molecule has 1 saturated heterocycles. The van der Waals surface area contributed by atoms with Gasteiger partial charge in [-0.3, -0.25) is 9.69 Å². The SMILES string of the molecule is O=C(O)[C@@H]1CCCN(CCON=C(c2cc(F)ccc2F)c2cc(F)ccc2F)C1. The lowest BCUT2D eigenvalue weighted by Crippen LogP contribution is -2.40. The Labute approximate surface area is 170 Å². The third kappa shape index (κ3) is 5.35. The van der Waals surface area contributed by atoms with Gasteiger partial charge in [-0.25, -0.2) is 17.6 Å². The minimum Gasteiger partial charge on any atom is -0.481 e. The second-order valence-electron chi connectivity index (χ2n) is 7.00. The number of halogens is 4. The third-order valence-electron chi connectivity index (χ3n) is 4.88. The number of piperidine rings is 1. The third-order valence-corrected chi connectivity index (χ3v) is 4.88. The summed E-state index contributed by atoms with van der Waals surface area (Å²) in [5, 5.41) is 12.9. The van der Waals surface area contributed by atoms with Gasteiger partial charge in [-0.15, -0.1) is 0 Å². The van der Waals surface area contributed by atoms with E-state index in [0.717, 1.165) is 42.8 Å². The van der Waals surface area contributed by atoms with Gasteiger partial charge in [-0.1, -0.05) is 5.16 Å². The maximum Gasteiger partial charge on any atom is 0.307 e. The fourth-order valence-electron chi connectivity index (χ4n) is 3.34. The predicted octanol–water partition coefficient (Wildman–Crippen LogP) is 3.81. The highest BCUT2D eigenvalue weighted by Gasteiger charge is 2.25. The monoisotopic (exact) mass is 424 g/mol. The van der Waals surface area contributed by atoms with E-state index < -0.39 is 35.2 Å². The molecule has 0 bridgehead atoms. The smallest absolute Gasteiger partial charge is 0.307 e. The highest BCUT2D eigenvalue weighted by molar-refractivity contribution is 6.12. The highest BCUT2D eigenvalue weighted by Crippen LogP contribution is 2.20. The first kappa shape index (κ1) is 21.8. The Morgan fingerprint density at radius 2 is 1.67 bits per heavy atom. The molecule has 1 N–H and O–H groups in total. The molecule has 0 saturated carbocycles. The maximum absolute atomic E-state index is 14.3. The molecule has 5 nitrogen and oxygen atoms in total. The van der Waals surface area contributed by atoms with Gasteiger partial charge in [0.15, 0.2) is 0 Å². The second-order valence-corrected chi connectivity index (χ2v) is 7.00. The zero-order chi connectivity index (χ0) is 21.7. The van der Waals surface area contributed by atoms with Gasteiger partial charge in [-0.2, -0.15) is 0 Å². The Morgan fingerprint density at radius 3 is 2.23 bits per heavy atom. The number of nitrogens with zero attached hydrogens (tertiary/aromatic N) is 2. The fourth-order valence-corrected chi connectivity index (χ4v) is 3.34. The number of carboxylic acids is 1. The van der Waals surface area contributed by atoms with Crippen LogP contribution in [0.3, 0.4) is 0 Å². The summed E-state index contributed by atoms with van der Waals surface area (Å²) in [7, 11) is 0. The number of aliphatic carboxylic acids is 1. The van der Waals surface area contributed by atoms with E-state index in [9.17, 15) is 22.4 Å². The van der Waals surface area contributed by atoms with E-state index in [1.807, 2.05) is 4.90 Å². The van der Waals surface area contributed by atoms with Crippen LogP contribution in [0.15, 0.2) is 41.6 Å². The minimum atomic E-state index is -0.872. The van der Waals surface area contributed by atoms with Gasteiger partial charge in [0.1, 0.15) is 35.6 Å². The van der Waals surface area contributed by atoms with E-state index in [1.54, 1.807) is 0 Å². The molecule has 0 aliphatic carbocycles. The van der Waals surface area contributed by atoms with Gasteiger partial charge in [-0.05, 0) is 55.8 Å². The molecular weight excluding hydrogens is 404 g/mol. The highest BCUT2D eigenvalue weighted by atomic mass is 19.1. The molecule has 0 aromatic heterocycles. The van der Waals surface area contributed by atoms with Crippen molar-refractivity contribution in [3.8, 4) is 0 Å². The molecular formula is C21H20F4N2O3. The van der Waals surface area contributed by atoms with Gasteiger partial charge >= 0.3 is 5.97 Å². The van der Waals surface area contributed by atoms with Gasteiger partial charge in [0.25, 0.3) is 0 Å². The van der Waals surface area contributed by atoms with Crippen LogP contribution >= 0.6 is 0 Å². The van der Waals surface area contributed by atoms with Crippen molar-refractivity contribution in [1.29, 1.82) is 0 Å². The molecule has 1 fully saturated rings. The Morgan fingerprint density at radius 1 is 1.07 bits per heavy atom. The zero-order valence-corrected chi connectivity index (χ0v) is 16.0. The zero-order valence-electron chi connectivity index (χ0n) is 16.0. The summed E-state index contributed by atoms with van der Waals surface area (Å²) >= 11 is 0. The molecule has 1 aliphatic heterocycles. The van der Waals surface area contributed by atoms with E-state index in [-0.39, 0.29) is 23.4 Å². The van der Waals surface area contributed by atoms with Crippen LogP contribution in [0, 0.1) is 29.2 Å². The lowest BCUT2D eigenvalue weighted by atomic mass is 9.98. The molecule has 2 aromatic carbocycles. The van der Waals surface area contributed by atoms with Crippen LogP contribution in [0.1, 0.15) is 24.0 Å². The number of benzene rings is 2. The summed E-state index contributed by atoms with van der Waals surface area (Å²) in [6.45, 7) is 1.41. The predicted molar refractivity (Wildman–Crippen MR) is 101 cm³/mol. The van der Waals surface area contributed by atoms with Crippen molar-refractivity contribution in [3.63, 3.8) is 0 Å². The van der Waals surface area contributed by atoms with Crippen molar-refractivity contribution in [1.82, 2.24) is 4.90 Å². The van der Waals surface area contributed by atoms with Crippen LogP contribution in [0.4, 0.5) is 17.6 Å². The molecule has 0 spiro atoms. The number of carboxylic acid groups (broad SMARTS) is 1. The molecule has 3 rings (SSSR count). The van der Waals surface area contributed by atoms with E-state index in [2.05, 4.69) is 5.16 Å². The van der Waals surface area contributed by atoms with Crippen LogP contribution in [0.25, 0.3) is 0 Å². The van der Waals surface area contributed by atoms with Crippen LogP contribution in [0.2, 0.25) is 0 Å². The Hall–Kier alpha value is -2.94. The second kappa shape index (κ2) is 9.71. The molecule has 1 atom stereocenters. The average Bonchev–Trinajstić information content (AvgIpc) is 2.72. The average molecular weight is 424 g/mol. The lowest BCUT2D eigenvalue weighted by Gasteiger charge is -2.29. The largest absolute Gasteiger partial charge is 0.481 e. The quantitative estimate of drug-likeness (QED) is 0.318. The number of carbonyl (C=O) groups is 1. The topological polar surface area (TPSA) is 62.1 Å². The first-order valence-corrected chi connectivity index (χ1v) is 9.41. The van der Waals surface area contributed by atoms with Crippen LogP contribution in [-0.2, 0) is 9.63 Å². The molecule has 30 heavy (non-hydrogen) atoms. The molecule has 0 radical (unpaired) electrons. The minimum absolute atomic E-state index is 0.00368. The maximum atomic E-state index is 14.3. The van der Waals surface area contributed by atoms with Crippen LogP contribution in [-0.4, -0.2) is 47.9 Å². The Balaban J connectivity index is 1.79. The first-order chi connectivity index (χ1) is 14.3. The van der Waals surface area contributed by atoms with Crippen LogP contribution < -0.4 is 0 Å². The normalized spacial score (nSPS) is 16.9. The Kier molecular flexibility index (Phi) is 7.04. The van der Waals surface area contributed by atoms with E-state index >= 15 is 0 Å². The first-order valence-electron chi connectivity index (χ1n) is 9.41. The number of oxime groups is 1. The van der Waals surface area contributed by atoms with Crippen molar-refractivity contribution in [2.75, 3.05) is 26.2 Å². The number of hydrogen-bond donors (Lipinski definition) is 1. The van der Waals surface area contributed by atoms with Crippen molar-refractivity contribution in [2.24, 2.45) is 11.1 Å². The molecule has 1 aliphatic rings. The Bertz CT molecular complexity index is 898. The van der Waals surface area contributed by atoms with Gasteiger partial charge < -0.3 is 9.94 Å². The number of rotatable bonds is 7. The van der Waals surface area contributed by atoms with Crippen LogP contribution in [0.5, 0.6) is 0 Å². The summed E-state index contributed by atoms with van der Waals surface area (Å²) in [5.74, 6) is -4.61. The molecule has 0 unspecified atom stereocenters. The van der Waals surface area contributed by atoms with E-state index in [0.29, 0.717) is 26.1 Å². The van der Waals surface area contributed by atoms with E-state index in [4.69, 9.17) is 9.94 Å². The number of hydrogen-bond acceptors (Lipinski definition) is 4. The molecule has 1 heterocycles. The van der Waals surface area contributed by atoms with Crippen molar-refractivity contribution >= 4 is 11.7 Å². The fraction of sp³-hybridized carbons (Fsp3) is 0.333. The van der Waals surface area contributed by atoms with Gasteiger partial charge in [0.2, 0.25) is 0 Å². The van der Waals surface area contributed by atoms with Gasteiger partial charge in [0.05, 0.1) is 5.92 Å². The molecule has 0 amide bonds. The molecule has 160 valence electrons. The summed E-state index contributed by atoms with van der Waals surface area (Å²) < 4.78 is 55.8. The van der Waals surface area contributed by atoms with Gasteiger partial charge in [0, 0.05) is 24.2 Å². The lowest BCUT2D eigenvalue weighted by molar-refractivity contribution is -0.143. The summed E-state index contributed by atoms with van der Waals surface area (Å²) in [4.78, 5) is 18.2. The van der Waals surface area contributed by atoms with Crippen molar-refractivity contribution in [2.45, 2.75) is 12.8 Å². The standard InChI is InChI=1S/C21H20F4N2O3/c22-14-3-5-18(24)16(10-14)20(17-11-15(23)4-6-19(17)25)26-30-9-8-27-7-1-2-13(12-27)21(28)29/h3-6,10-11,13H,1-2,7-9,12H2,(H,28,29)/t13-/m1/s1. The molecule has 9 heteroatoms. The summed E-state index contributed by atoms with van der Waals surface area (Å²) in [5.41, 5.74) is -1.13.